The molecule has 1 atom stereocenters. The van der Waals surface area contributed by atoms with Gasteiger partial charge in [-0.3, -0.25) is 0 Å². The molecule has 0 bridgehead atoms. The SMILES string of the molecule is CC[C@H](N)c1ccc(OCC(C)(C)N(C)C)cc1. The lowest BCUT2D eigenvalue weighted by Gasteiger charge is -2.32. The summed E-state index contributed by atoms with van der Waals surface area (Å²) in [5.41, 5.74) is 7.17. The van der Waals surface area contributed by atoms with Crippen LogP contribution >= 0.6 is 0 Å². The van der Waals surface area contributed by atoms with Crippen LogP contribution in [0.2, 0.25) is 0 Å². The minimum Gasteiger partial charge on any atom is -0.492 e. The molecule has 0 radical (unpaired) electrons. The van der Waals surface area contributed by atoms with E-state index in [0.717, 1.165) is 17.7 Å². The topological polar surface area (TPSA) is 38.5 Å². The van der Waals surface area contributed by atoms with Crippen LogP contribution in [0.3, 0.4) is 0 Å². The first-order valence-corrected chi connectivity index (χ1v) is 6.52. The van der Waals surface area contributed by atoms with Crippen molar-refractivity contribution in [2.45, 2.75) is 38.8 Å². The summed E-state index contributed by atoms with van der Waals surface area (Å²) in [4.78, 5) is 2.16. The van der Waals surface area contributed by atoms with Crippen molar-refractivity contribution in [1.29, 1.82) is 0 Å². The summed E-state index contributed by atoms with van der Waals surface area (Å²) in [7, 11) is 4.12. The minimum absolute atomic E-state index is 0.0263. The van der Waals surface area contributed by atoms with Crippen molar-refractivity contribution in [1.82, 2.24) is 4.90 Å². The van der Waals surface area contributed by atoms with E-state index in [-0.39, 0.29) is 11.6 Å². The fourth-order valence-corrected chi connectivity index (χ4v) is 1.44. The molecular formula is C15H26N2O. The van der Waals surface area contributed by atoms with Gasteiger partial charge >= 0.3 is 0 Å². The van der Waals surface area contributed by atoms with Gasteiger partial charge in [-0.15, -0.1) is 0 Å². The van der Waals surface area contributed by atoms with E-state index < -0.39 is 0 Å². The number of benzene rings is 1. The molecule has 0 aliphatic rings. The fourth-order valence-electron chi connectivity index (χ4n) is 1.44. The number of hydrogen-bond acceptors (Lipinski definition) is 3. The van der Waals surface area contributed by atoms with Gasteiger partial charge < -0.3 is 15.4 Å². The Morgan fingerprint density at radius 2 is 1.78 bits per heavy atom. The van der Waals surface area contributed by atoms with Crippen molar-refractivity contribution in [2.75, 3.05) is 20.7 Å². The third-order valence-electron chi connectivity index (χ3n) is 3.55. The highest BCUT2D eigenvalue weighted by Crippen LogP contribution is 2.20. The zero-order valence-electron chi connectivity index (χ0n) is 12.2. The van der Waals surface area contributed by atoms with Crippen LogP contribution in [0.5, 0.6) is 5.75 Å². The Morgan fingerprint density at radius 1 is 1.22 bits per heavy atom. The quantitative estimate of drug-likeness (QED) is 0.843. The highest BCUT2D eigenvalue weighted by Gasteiger charge is 2.21. The second kappa shape index (κ2) is 6.21. The lowest BCUT2D eigenvalue weighted by Crippen LogP contribution is -2.43. The van der Waals surface area contributed by atoms with Gasteiger partial charge in [-0.25, -0.2) is 0 Å². The average Bonchev–Trinajstić information content (AvgIpc) is 2.36. The molecule has 0 heterocycles. The monoisotopic (exact) mass is 250 g/mol. The Morgan fingerprint density at radius 3 is 2.22 bits per heavy atom. The third-order valence-corrected chi connectivity index (χ3v) is 3.55. The number of likely N-dealkylation sites (N-methyl/N-ethyl adjacent to an activating group) is 1. The van der Waals surface area contributed by atoms with Gasteiger partial charge in [0, 0.05) is 11.6 Å². The van der Waals surface area contributed by atoms with Gasteiger partial charge in [0.05, 0.1) is 0 Å². The first kappa shape index (κ1) is 15.0. The normalized spacial score (nSPS) is 13.7. The summed E-state index contributed by atoms with van der Waals surface area (Å²) >= 11 is 0. The number of ether oxygens (including phenoxy) is 1. The minimum atomic E-state index is 0.0263. The van der Waals surface area contributed by atoms with Crippen LogP contribution in [0.4, 0.5) is 0 Å². The zero-order valence-corrected chi connectivity index (χ0v) is 12.2. The molecule has 3 nitrogen and oxygen atoms in total. The van der Waals surface area contributed by atoms with Crippen LogP contribution in [0.15, 0.2) is 24.3 Å². The maximum Gasteiger partial charge on any atom is 0.119 e. The van der Waals surface area contributed by atoms with Crippen molar-refractivity contribution in [3.8, 4) is 5.75 Å². The smallest absolute Gasteiger partial charge is 0.119 e. The molecule has 0 aliphatic carbocycles. The molecule has 0 fully saturated rings. The molecule has 1 aromatic carbocycles. The first-order valence-electron chi connectivity index (χ1n) is 6.52. The second-order valence-corrected chi connectivity index (χ2v) is 5.58. The molecule has 0 saturated carbocycles. The molecular weight excluding hydrogens is 224 g/mol. The van der Waals surface area contributed by atoms with Gasteiger partial charge in [-0.05, 0) is 52.1 Å². The van der Waals surface area contributed by atoms with Crippen molar-refractivity contribution < 1.29 is 4.74 Å². The Hall–Kier alpha value is -1.06. The largest absolute Gasteiger partial charge is 0.492 e. The summed E-state index contributed by atoms with van der Waals surface area (Å²) in [5.74, 6) is 0.900. The van der Waals surface area contributed by atoms with Gasteiger partial charge in [0.15, 0.2) is 0 Å². The van der Waals surface area contributed by atoms with E-state index in [2.05, 4.69) is 39.8 Å². The molecule has 0 unspecified atom stereocenters. The number of nitrogens with zero attached hydrogens (tertiary/aromatic N) is 1. The van der Waals surface area contributed by atoms with E-state index in [1.807, 2.05) is 24.3 Å². The molecule has 0 aliphatic heterocycles. The lowest BCUT2D eigenvalue weighted by molar-refractivity contribution is 0.114. The van der Waals surface area contributed by atoms with Crippen LogP contribution in [0, 0.1) is 0 Å². The molecule has 3 heteroatoms. The maximum absolute atomic E-state index is 5.98. The van der Waals surface area contributed by atoms with Crippen molar-refractivity contribution in [3.05, 3.63) is 29.8 Å². The molecule has 1 aromatic rings. The first-order chi connectivity index (χ1) is 8.36. The Kier molecular flexibility index (Phi) is 5.17. The van der Waals surface area contributed by atoms with Crippen LogP contribution in [0.25, 0.3) is 0 Å². The van der Waals surface area contributed by atoms with Crippen LogP contribution in [-0.2, 0) is 0 Å². The average molecular weight is 250 g/mol. The standard InChI is InChI=1S/C15H26N2O/c1-6-14(16)12-7-9-13(10-8-12)18-11-15(2,3)17(4)5/h7-10,14H,6,11,16H2,1-5H3/t14-/m0/s1. The molecule has 2 N–H and O–H groups in total. The summed E-state index contributed by atoms with van der Waals surface area (Å²) in [5, 5.41) is 0. The molecule has 102 valence electrons. The number of hydrogen-bond donors (Lipinski definition) is 1. The Bertz CT molecular complexity index is 357. The molecule has 0 saturated heterocycles. The molecule has 1 rings (SSSR count). The van der Waals surface area contributed by atoms with Gasteiger partial charge in [0.1, 0.15) is 12.4 Å². The van der Waals surface area contributed by atoms with Crippen molar-refractivity contribution in [2.24, 2.45) is 5.73 Å². The van der Waals surface area contributed by atoms with Gasteiger partial charge in [0.25, 0.3) is 0 Å². The highest BCUT2D eigenvalue weighted by molar-refractivity contribution is 5.29. The molecule has 0 amide bonds. The van der Waals surface area contributed by atoms with E-state index in [9.17, 15) is 0 Å². The third kappa shape index (κ3) is 4.00. The molecule has 18 heavy (non-hydrogen) atoms. The Balaban J connectivity index is 2.59. The highest BCUT2D eigenvalue weighted by atomic mass is 16.5. The van der Waals surface area contributed by atoms with Gasteiger partial charge in [-0.1, -0.05) is 19.1 Å². The predicted molar refractivity (Wildman–Crippen MR) is 76.9 cm³/mol. The fraction of sp³-hybridized carbons (Fsp3) is 0.600. The molecule has 0 aromatic heterocycles. The van der Waals surface area contributed by atoms with E-state index in [1.54, 1.807) is 0 Å². The molecule has 0 spiro atoms. The second-order valence-electron chi connectivity index (χ2n) is 5.58. The van der Waals surface area contributed by atoms with Gasteiger partial charge in [0.2, 0.25) is 0 Å². The van der Waals surface area contributed by atoms with E-state index in [1.165, 1.54) is 0 Å². The Labute approximate surface area is 111 Å². The maximum atomic E-state index is 5.98. The van der Waals surface area contributed by atoms with E-state index >= 15 is 0 Å². The van der Waals surface area contributed by atoms with Crippen molar-refractivity contribution in [3.63, 3.8) is 0 Å². The van der Waals surface area contributed by atoms with E-state index in [4.69, 9.17) is 10.5 Å². The van der Waals surface area contributed by atoms with Gasteiger partial charge in [-0.2, -0.15) is 0 Å². The van der Waals surface area contributed by atoms with E-state index in [0.29, 0.717) is 6.61 Å². The zero-order chi connectivity index (χ0) is 13.8. The summed E-state index contributed by atoms with van der Waals surface area (Å²) in [6.45, 7) is 7.08. The summed E-state index contributed by atoms with van der Waals surface area (Å²) in [6, 6.07) is 8.21. The van der Waals surface area contributed by atoms with Crippen LogP contribution in [-0.4, -0.2) is 31.1 Å². The van der Waals surface area contributed by atoms with Crippen LogP contribution < -0.4 is 10.5 Å². The lowest BCUT2D eigenvalue weighted by atomic mass is 10.1. The summed E-state index contributed by atoms with van der Waals surface area (Å²) < 4.78 is 5.82. The predicted octanol–water partition coefficient (Wildman–Crippen LogP) is 2.82. The van der Waals surface area contributed by atoms with Crippen molar-refractivity contribution >= 4 is 0 Å². The van der Waals surface area contributed by atoms with Crippen LogP contribution in [0.1, 0.15) is 38.8 Å². The summed E-state index contributed by atoms with van der Waals surface area (Å²) in [6.07, 6.45) is 0.952. The number of nitrogens with two attached hydrogens (primary N) is 1. The number of rotatable bonds is 6.